The van der Waals surface area contributed by atoms with E-state index in [0.29, 0.717) is 6.42 Å². The zero-order valence-corrected chi connectivity index (χ0v) is 31.4. The van der Waals surface area contributed by atoms with E-state index >= 15 is 0 Å². The van der Waals surface area contributed by atoms with Gasteiger partial charge in [0, 0.05) is 12.8 Å². The van der Waals surface area contributed by atoms with Crippen molar-refractivity contribution in [2.75, 3.05) is 0 Å². The van der Waals surface area contributed by atoms with Gasteiger partial charge >= 0.3 is 11.9 Å². The molecule has 0 aliphatic carbocycles. The van der Waals surface area contributed by atoms with Crippen LogP contribution < -0.4 is 0 Å². The van der Waals surface area contributed by atoms with Crippen molar-refractivity contribution in [2.24, 2.45) is 0 Å². The third-order valence-corrected chi connectivity index (χ3v) is 9.83. The maximum atomic E-state index is 12.7. The molecule has 274 valence electrons. The van der Waals surface area contributed by atoms with Gasteiger partial charge in [0.25, 0.3) is 0 Å². The second-order valence-electron chi connectivity index (χ2n) is 14.5. The fourth-order valence-corrected chi connectivity index (χ4v) is 6.72. The van der Waals surface area contributed by atoms with Gasteiger partial charge in [0.1, 0.15) is 6.10 Å². The number of carbonyl (C=O) groups is 2. The lowest BCUT2D eigenvalue weighted by molar-refractivity contribution is -0.150. The Kier molecular flexibility index (Phi) is 37.5. The van der Waals surface area contributed by atoms with Crippen molar-refractivity contribution in [3.63, 3.8) is 0 Å². The van der Waals surface area contributed by atoms with Gasteiger partial charge in [-0.25, -0.2) is 0 Å². The number of carbonyl (C=O) groups excluding carboxylic acids is 1. The summed E-state index contributed by atoms with van der Waals surface area (Å²) in [6, 6.07) is 0. The average molecular weight is 651 g/mol. The standard InChI is InChI=1S/C42H82O4/c1-3-5-7-9-11-13-14-15-16-17-18-19-20-21-22-23-25-31-35-39-42(45)46-40(36-32-28-24-12-10-8-6-4-2)37-33-29-26-27-30-34-38-41(43)44/h40H,3-39H2,1-2H3,(H,43,44). The number of carboxylic acid groups (broad SMARTS) is 1. The zero-order chi connectivity index (χ0) is 33.6. The first-order valence-electron chi connectivity index (χ1n) is 21.0. The maximum absolute atomic E-state index is 12.7. The number of carboxylic acids is 1. The summed E-state index contributed by atoms with van der Waals surface area (Å²) in [4.78, 5) is 23.3. The van der Waals surface area contributed by atoms with Gasteiger partial charge in [-0.05, 0) is 38.5 Å². The predicted octanol–water partition coefficient (Wildman–Crippen LogP) is 14.5. The van der Waals surface area contributed by atoms with Crippen molar-refractivity contribution in [3.05, 3.63) is 0 Å². The fourth-order valence-electron chi connectivity index (χ4n) is 6.72. The van der Waals surface area contributed by atoms with E-state index in [-0.39, 0.29) is 18.5 Å². The van der Waals surface area contributed by atoms with Gasteiger partial charge in [0.05, 0.1) is 0 Å². The Balaban J connectivity index is 3.84. The molecule has 0 spiro atoms. The molecule has 0 radical (unpaired) electrons. The van der Waals surface area contributed by atoms with Crippen molar-refractivity contribution in [2.45, 2.75) is 258 Å². The first-order chi connectivity index (χ1) is 22.6. The van der Waals surface area contributed by atoms with Crippen molar-refractivity contribution in [1.29, 1.82) is 0 Å². The third kappa shape index (κ3) is 37.4. The van der Waals surface area contributed by atoms with E-state index in [2.05, 4.69) is 13.8 Å². The predicted molar refractivity (Wildman–Crippen MR) is 200 cm³/mol. The van der Waals surface area contributed by atoms with E-state index in [0.717, 1.165) is 64.2 Å². The lowest BCUT2D eigenvalue weighted by atomic mass is 10.0. The van der Waals surface area contributed by atoms with Crippen LogP contribution in [0.2, 0.25) is 0 Å². The molecule has 4 nitrogen and oxygen atoms in total. The molecule has 0 bridgehead atoms. The molecule has 0 saturated heterocycles. The second-order valence-corrected chi connectivity index (χ2v) is 14.5. The molecule has 4 heteroatoms. The van der Waals surface area contributed by atoms with Crippen LogP contribution in [-0.4, -0.2) is 23.1 Å². The average Bonchev–Trinajstić information content (AvgIpc) is 3.04. The lowest BCUT2D eigenvalue weighted by Crippen LogP contribution is -2.18. The van der Waals surface area contributed by atoms with Crippen molar-refractivity contribution < 1.29 is 19.4 Å². The Bertz CT molecular complexity index is 619. The lowest BCUT2D eigenvalue weighted by Gasteiger charge is -2.18. The fraction of sp³-hybridized carbons (Fsp3) is 0.952. The largest absolute Gasteiger partial charge is 0.481 e. The van der Waals surface area contributed by atoms with E-state index in [1.165, 1.54) is 161 Å². The van der Waals surface area contributed by atoms with Crippen LogP contribution in [0.1, 0.15) is 251 Å². The highest BCUT2D eigenvalue weighted by atomic mass is 16.5. The number of esters is 1. The molecule has 0 fully saturated rings. The highest BCUT2D eigenvalue weighted by Gasteiger charge is 2.14. The zero-order valence-electron chi connectivity index (χ0n) is 31.4. The summed E-state index contributed by atoms with van der Waals surface area (Å²) >= 11 is 0. The van der Waals surface area contributed by atoms with Gasteiger partial charge in [0.2, 0.25) is 0 Å². The molecule has 0 aromatic carbocycles. The first kappa shape index (κ1) is 44.9. The molecule has 0 heterocycles. The molecular weight excluding hydrogens is 568 g/mol. The van der Waals surface area contributed by atoms with Crippen LogP contribution in [0.3, 0.4) is 0 Å². The minimum Gasteiger partial charge on any atom is -0.481 e. The molecular formula is C42H82O4. The molecule has 0 aromatic heterocycles. The van der Waals surface area contributed by atoms with E-state index in [1.54, 1.807) is 0 Å². The number of ether oxygens (including phenoxy) is 1. The molecule has 1 unspecified atom stereocenters. The second kappa shape index (κ2) is 38.4. The van der Waals surface area contributed by atoms with Crippen molar-refractivity contribution in [1.82, 2.24) is 0 Å². The molecule has 0 rings (SSSR count). The number of hydrogen-bond donors (Lipinski definition) is 1. The molecule has 1 atom stereocenters. The molecule has 46 heavy (non-hydrogen) atoms. The Morgan fingerprint density at radius 1 is 0.391 bits per heavy atom. The summed E-state index contributed by atoms with van der Waals surface area (Å²) in [6.45, 7) is 4.56. The van der Waals surface area contributed by atoms with Crippen LogP contribution in [-0.2, 0) is 14.3 Å². The van der Waals surface area contributed by atoms with Crippen molar-refractivity contribution >= 4 is 11.9 Å². The summed E-state index contributed by atoms with van der Waals surface area (Å²) in [5.41, 5.74) is 0. The van der Waals surface area contributed by atoms with E-state index in [9.17, 15) is 9.59 Å². The highest BCUT2D eigenvalue weighted by Crippen LogP contribution is 2.19. The number of aliphatic carboxylic acids is 1. The SMILES string of the molecule is CCCCCCCCCCCCCCCCCCCCCC(=O)OC(CCCCCCCCCC)CCCCCCCCC(=O)O. The van der Waals surface area contributed by atoms with Gasteiger partial charge in [-0.1, -0.05) is 200 Å². The molecule has 1 N–H and O–H groups in total. The maximum Gasteiger partial charge on any atom is 0.306 e. The Morgan fingerprint density at radius 2 is 0.652 bits per heavy atom. The summed E-state index contributed by atoms with van der Waals surface area (Å²) < 4.78 is 6.01. The van der Waals surface area contributed by atoms with Crippen LogP contribution in [0, 0.1) is 0 Å². The summed E-state index contributed by atoms with van der Waals surface area (Å²) in [6.07, 6.45) is 45.7. The van der Waals surface area contributed by atoms with Gasteiger partial charge in [-0.3, -0.25) is 9.59 Å². The van der Waals surface area contributed by atoms with E-state index in [4.69, 9.17) is 9.84 Å². The summed E-state index contributed by atoms with van der Waals surface area (Å²) in [5.74, 6) is -0.670. The normalized spacial score (nSPS) is 12.0. The van der Waals surface area contributed by atoms with Crippen LogP contribution >= 0.6 is 0 Å². The van der Waals surface area contributed by atoms with Gasteiger partial charge in [0.15, 0.2) is 0 Å². The van der Waals surface area contributed by atoms with Crippen LogP contribution in [0.25, 0.3) is 0 Å². The molecule has 0 aromatic rings. The highest BCUT2D eigenvalue weighted by molar-refractivity contribution is 5.69. The first-order valence-corrected chi connectivity index (χ1v) is 21.0. The number of hydrogen-bond acceptors (Lipinski definition) is 3. The van der Waals surface area contributed by atoms with E-state index < -0.39 is 5.97 Å². The van der Waals surface area contributed by atoms with Gasteiger partial charge < -0.3 is 9.84 Å². The van der Waals surface area contributed by atoms with Crippen LogP contribution in [0.5, 0.6) is 0 Å². The Labute approximate surface area is 288 Å². The molecule has 0 aliphatic heterocycles. The van der Waals surface area contributed by atoms with Crippen LogP contribution in [0.15, 0.2) is 0 Å². The van der Waals surface area contributed by atoms with Gasteiger partial charge in [-0.15, -0.1) is 0 Å². The summed E-state index contributed by atoms with van der Waals surface area (Å²) in [5, 5.41) is 8.78. The topological polar surface area (TPSA) is 63.6 Å². The number of unbranched alkanes of at least 4 members (excludes halogenated alkanes) is 30. The van der Waals surface area contributed by atoms with Gasteiger partial charge in [-0.2, -0.15) is 0 Å². The molecule has 0 saturated carbocycles. The monoisotopic (exact) mass is 651 g/mol. The Hall–Kier alpha value is -1.06. The minimum absolute atomic E-state index is 0.0187. The molecule has 0 amide bonds. The number of rotatable bonds is 39. The quantitative estimate of drug-likeness (QED) is 0.0531. The van der Waals surface area contributed by atoms with Crippen LogP contribution in [0.4, 0.5) is 0 Å². The van der Waals surface area contributed by atoms with E-state index in [1.807, 2.05) is 0 Å². The summed E-state index contributed by atoms with van der Waals surface area (Å²) in [7, 11) is 0. The van der Waals surface area contributed by atoms with Crippen molar-refractivity contribution in [3.8, 4) is 0 Å². The Morgan fingerprint density at radius 3 is 0.957 bits per heavy atom. The smallest absolute Gasteiger partial charge is 0.306 e. The molecule has 0 aliphatic rings. The minimum atomic E-state index is -0.689. The third-order valence-electron chi connectivity index (χ3n) is 9.83.